The smallest absolute Gasteiger partial charge is 0.267 e. The lowest BCUT2D eigenvalue weighted by Gasteiger charge is -2.09. The highest BCUT2D eigenvalue weighted by atomic mass is 32.2. The number of sulfone groups is 1. The first-order chi connectivity index (χ1) is 8.37. The summed E-state index contributed by atoms with van der Waals surface area (Å²) in [6.07, 6.45) is 1.90. The second-order valence-electron chi connectivity index (χ2n) is 4.43. The van der Waals surface area contributed by atoms with Crippen molar-refractivity contribution in [3.8, 4) is 0 Å². The van der Waals surface area contributed by atoms with Gasteiger partial charge in [-0.2, -0.15) is 0 Å². The molecule has 7 heteroatoms. The maximum Gasteiger partial charge on any atom is 0.267 e. The number of amides is 1. The van der Waals surface area contributed by atoms with E-state index in [9.17, 15) is 18.0 Å². The molecular formula is C11H14N2O4S. The zero-order valence-corrected chi connectivity index (χ0v) is 10.7. The molecule has 2 N–H and O–H groups in total. The standard InChI is InChI=1S/C11H14N2O4S/c1-7(14)8-4-10(12-5-8)11(15)13-9-2-3-18(16,17)6-9/h4-5,9,12H,2-3,6H2,1H3,(H,13,15)/t9-/m1/s1. The fourth-order valence-corrected chi connectivity index (χ4v) is 3.57. The van der Waals surface area contributed by atoms with E-state index in [0.29, 0.717) is 12.0 Å². The number of Topliss-reactive ketones (excluding diaryl/α,β-unsaturated/α-hetero) is 1. The highest BCUT2D eigenvalue weighted by Crippen LogP contribution is 2.12. The molecule has 2 heterocycles. The Labute approximate surface area is 105 Å². The molecule has 1 amide bonds. The molecule has 0 spiro atoms. The SMILES string of the molecule is CC(=O)c1c[nH]c(C(=O)N[C@@H]2CCS(=O)(=O)C2)c1. The molecule has 18 heavy (non-hydrogen) atoms. The van der Waals surface area contributed by atoms with Crippen molar-refractivity contribution in [2.75, 3.05) is 11.5 Å². The van der Waals surface area contributed by atoms with Crippen molar-refractivity contribution in [2.24, 2.45) is 0 Å². The first kappa shape index (κ1) is 12.8. The van der Waals surface area contributed by atoms with E-state index >= 15 is 0 Å². The highest BCUT2D eigenvalue weighted by Gasteiger charge is 2.29. The maximum atomic E-state index is 11.8. The van der Waals surface area contributed by atoms with E-state index < -0.39 is 9.84 Å². The Bertz CT molecular complexity index is 588. The van der Waals surface area contributed by atoms with Crippen molar-refractivity contribution < 1.29 is 18.0 Å². The van der Waals surface area contributed by atoms with Gasteiger partial charge in [-0.3, -0.25) is 9.59 Å². The summed E-state index contributed by atoms with van der Waals surface area (Å²) in [5.41, 5.74) is 0.698. The fourth-order valence-electron chi connectivity index (χ4n) is 1.90. The molecule has 0 radical (unpaired) electrons. The number of hydrogen-bond donors (Lipinski definition) is 2. The van der Waals surface area contributed by atoms with E-state index in [-0.39, 0.29) is 34.9 Å². The molecule has 1 aromatic rings. The number of rotatable bonds is 3. The molecule has 1 atom stereocenters. The summed E-state index contributed by atoms with van der Waals surface area (Å²) >= 11 is 0. The van der Waals surface area contributed by atoms with Crippen LogP contribution >= 0.6 is 0 Å². The van der Waals surface area contributed by atoms with Gasteiger partial charge in [0.2, 0.25) is 0 Å². The minimum absolute atomic E-state index is 0.0149. The topological polar surface area (TPSA) is 96.1 Å². The molecule has 98 valence electrons. The zero-order valence-electron chi connectivity index (χ0n) is 9.89. The van der Waals surface area contributed by atoms with Crippen LogP contribution in [0.5, 0.6) is 0 Å². The number of nitrogens with one attached hydrogen (secondary N) is 2. The van der Waals surface area contributed by atoms with Crippen LogP contribution in [0, 0.1) is 0 Å². The van der Waals surface area contributed by atoms with Gasteiger partial charge in [-0.05, 0) is 19.4 Å². The average molecular weight is 270 g/mol. The predicted molar refractivity (Wildman–Crippen MR) is 65.3 cm³/mol. The first-order valence-corrected chi connectivity index (χ1v) is 7.40. The van der Waals surface area contributed by atoms with Crippen LogP contribution in [0.15, 0.2) is 12.3 Å². The molecule has 0 unspecified atom stereocenters. The van der Waals surface area contributed by atoms with Gasteiger partial charge < -0.3 is 10.3 Å². The number of aromatic amines is 1. The van der Waals surface area contributed by atoms with Crippen LogP contribution < -0.4 is 5.32 Å². The summed E-state index contributed by atoms with van der Waals surface area (Å²) in [6, 6.07) is 1.12. The number of carbonyl (C=O) groups excluding carboxylic acids is 2. The third-order valence-electron chi connectivity index (χ3n) is 2.90. The van der Waals surface area contributed by atoms with Gasteiger partial charge in [0.05, 0.1) is 11.5 Å². The van der Waals surface area contributed by atoms with E-state index in [4.69, 9.17) is 0 Å². The third-order valence-corrected chi connectivity index (χ3v) is 4.67. The van der Waals surface area contributed by atoms with Crippen LogP contribution in [0.2, 0.25) is 0 Å². The van der Waals surface area contributed by atoms with Crippen molar-refractivity contribution in [3.63, 3.8) is 0 Å². The van der Waals surface area contributed by atoms with Crippen LogP contribution in [0.1, 0.15) is 34.2 Å². The number of ketones is 1. The Balaban J connectivity index is 2.02. The fraction of sp³-hybridized carbons (Fsp3) is 0.455. The van der Waals surface area contributed by atoms with Crippen LogP contribution in [-0.4, -0.2) is 42.6 Å². The minimum Gasteiger partial charge on any atom is -0.356 e. The molecule has 2 rings (SSSR count). The molecular weight excluding hydrogens is 256 g/mol. The van der Waals surface area contributed by atoms with Gasteiger partial charge in [-0.1, -0.05) is 0 Å². The molecule has 1 aliphatic heterocycles. The van der Waals surface area contributed by atoms with Gasteiger partial charge in [-0.25, -0.2) is 8.42 Å². The molecule has 0 bridgehead atoms. The van der Waals surface area contributed by atoms with Gasteiger partial charge in [0.15, 0.2) is 15.6 Å². The van der Waals surface area contributed by atoms with E-state index in [2.05, 4.69) is 10.3 Å². The number of hydrogen-bond acceptors (Lipinski definition) is 4. The third kappa shape index (κ3) is 2.79. The largest absolute Gasteiger partial charge is 0.356 e. The monoisotopic (exact) mass is 270 g/mol. The summed E-state index contributed by atoms with van der Waals surface area (Å²) in [6.45, 7) is 1.41. The summed E-state index contributed by atoms with van der Waals surface area (Å²) in [5, 5.41) is 2.64. The summed E-state index contributed by atoms with van der Waals surface area (Å²) < 4.78 is 22.5. The molecule has 1 aromatic heterocycles. The molecule has 0 aromatic carbocycles. The molecule has 1 saturated heterocycles. The predicted octanol–water partition coefficient (Wildman–Crippen LogP) is 0.134. The van der Waals surface area contributed by atoms with Crippen molar-refractivity contribution in [2.45, 2.75) is 19.4 Å². The Kier molecular flexibility index (Phi) is 3.25. The highest BCUT2D eigenvalue weighted by molar-refractivity contribution is 7.91. The molecule has 0 aliphatic carbocycles. The van der Waals surface area contributed by atoms with Crippen molar-refractivity contribution in [3.05, 3.63) is 23.5 Å². The van der Waals surface area contributed by atoms with E-state index in [1.54, 1.807) is 0 Å². The van der Waals surface area contributed by atoms with Crippen molar-refractivity contribution in [1.29, 1.82) is 0 Å². The lowest BCUT2D eigenvalue weighted by molar-refractivity contribution is 0.0936. The zero-order chi connectivity index (χ0) is 13.3. The Morgan fingerprint density at radius 2 is 2.17 bits per heavy atom. The van der Waals surface area contributed by atoms with Gasteiger partial charge in [0.1, 0.15) is 5.69 Å². The van der Waals surface area contributed by atoms with Gasteiger partial charge in [-0.15, -0.1) is 0 Å². The van der Waals surface area contributed by atoms with Gasteiger partial charge >= 0.3 is 0 Å². The Morgan fingerprint density at radius 3 is 2.67 bits per heavy atom. The second kappa shape index (κ2) is 4.56. The molecule has 1 aliphatic rings. The van der Waals surface area contributed by atoms with Gasteiger partial charge in [0, 0.05) is 17.8 Å². The van der Waals surface area contributed by atoms with Crippen LogP contribution in [0.3, 0.4) is 0 Å². The summed E-state index contributed by atoms with van der Waals surface area (Å²) in [4.78, 5) is 25.6. The maximum absolute atomic E-state index is 11.8. The van der Waals surface area contributed by atoms with Crippen LogP contribution in [0.25, 0.3) is 0 Å². The summed E-state index contributed by atoms with van der Waals surface area (Å²) in [7, 11) is -3.01. The molecule has 6 nitrogen and oxygen atoms in total. The van der Waals surface area contributed by atoms with E-state index in [0.717, 1.165) is 0 Å². The average Bonchev–Trinajstić information content (AvgIpc) is 2.85. The number of H-pyrrole nitrogens is 1. The molecule has 1 fully saturated rings. The second-order valence-corrected chi connectivity index (χ2v) is 6.66. The van der Waals surface area contributed by atoms with E-state index in [1.807, 2.05) is 0 Å². The minimum atomic E-state index is -3.01. The quantitative estimate of drug-likeness (QED) is 0.763. The lowest BCUT2D eigenvalue weighted by atomic mass is 10.2. The van der Waals surface area contributed by atoms with Crippen molar-refractivity contribution >= 4 is 21.5 Å². The van der Waals surface area contributed by atoms with E-state index in [1.165, 1.54) is 19.2 Å². The Morgan fingerprint density at radius 1 is 1.44 bits per heavy atom. The molecule has 0 saturated carbocycles. The normalized spacial score (nSPS) is 21.7. The van der Waals surface area contributed by atoms with Crippen LogP contribution in [0.4, 0.5) is 0 Å². The first-order valence-electron chi connectivity index (χ1n) is 5.58. The number of carbonyl (C=O) groups is 2. The Hall–Kier alpha value is -1.63. The van der Waals surface area contributed by atoms with Crippen LogP contribution in [-0.2, 0) is 9.84 Å². The lowest BCUT2D eigenvalue weighted by Crippen LogP contribution is -2.35. The number of aromatic nitrogens is 1. The van der Waals surface area contributed by atoms with Gasteiger partial charge in [0.25, 0.3) is 5.91 Å². The summed E-state index contributed by atoms with van der Waals surface area (Å²) in [5.74, 6) is -0.418. The van der Waals surface area contributed by atoms with Crippen molar-refractivity contribution in [1.82, 2.24) is 10.3 Å².